The van der Waals surface area contributed by atoms with Gasteiger partial charge in [0.25, 0.3) is 0 Å². The number of terminal acetylenes is 1. The molecule has 0 saturated heterocycles. The molecule has 0 radical (unpaired) electrons. The van der Waals surface area contributed by atoms with E-state index in [1.165, 1.54) is 0 Å². The second-order valence-electron chi connectivity index (χ2n) is 1.40. The Morgan fingerprint density at radius 3 is 2.25 bits per heavy atom. The van der Waals surface area contributed by atoms with Gasteiger partial charge < -0.3 is 5.73 Å². The summed E-state index contributed by atoms with van der Waals surface area (Å²) in [5, 5.41) is 0. The lowest BCUT2D eigenvalue weighted by Gasteiger charge is -1.99. The van der Waals surface area contributed by atoms with Crippen molar-refractivity contribution in [2.45, 2.75) is 18.9 Å². The molecule has 0 aromatic rings. The zero-order valence-corrected chi connectivity index (χ0v) is 4.27. The van der Waals surface area contributed by atoms with Gasteiger partial charge >= 0.3 is 0 Å². The fourth-order valence-electron chi connectivity index (χ4n) is 0.260. The smallest absolute Gasteiger partial charge is 0.241 e. The van der Waals surface area contributed by atoms with Crippen molar-refractivity contribution in [3.63, 3.8) is 0 Å². The Kier molecular flexibility index (Phi) is 3.13. The van der Waals surface area contributed by atoms with E-state index >= 15 is 0 Å². The van der Waals surface area contributed by atoms with Crippen LogP contribution in [0.25, 0.3) is 0 Å². The second kappa shape index (κ2) is 3.39. The molecule has 0 bridgehead atoms. The highest BCUT2D eigenvalue weighted by molar-refractivity contribution is 4.96. The van der Waals surface area contributed by atoms with Crippen LogP contribution >= 0.6 is 0 Å². The lowest BCUT2D eigenvalue weighted by molar-refractivity contribution is 0.134. The van der Waals surface area contributed by atoms with E-state index in [4.69, 9.17) is 12.2 Å². The van der Waals surface area contributed by atoms with Gasteiger partial charge in [-0.1, -0.05) is 5.92 Å². The third-order valence-electron chi connectivity index (χ3n) is 0.646. The molecule has 1 atom stereocenters. The molecule has 0 aromatic carbocycles. The first-order valence-corrected chi connectivity index (χ1v) is 2.16. The van der Waals surface area contributed by atoms with Crippen LogP contribution in [0.3, 0.4) is 0 Å². The number of halogens is 2. The summed E-state index contributed by atoms with van der Waals surface area (Å²) >= 11 is 0. The van der Waals surface area contributed by atoms with Gasteiger partial charge in [0.1, 0.15) is 0 Å². The van der Waals surface area contributed by atoms with E-state index in [2.05, 4.69) is 0 Å². The van der Waals surface area contributed by atoms with Crippen LogP contribution in [0.1, 0.15) is 6.42 Å². The van der Waals surface area contributed by atoms with Crippen molar-refractivity contribution in [3.8, 4) is 12.3 Å². The van der Waals surface area contributed by atoms with E-state index in [0.29, 0.717) is 0 Å². The topological polar surface area (TPSA) is 26.0 Å². The molecule has 1 unspecified atom stereocenters. The van der Waals surface area contributed by atoms with E-state index in [0.717, 1.165) is 0 Å². The second-order valence-corrected chi connectivity index (χ2v) is 1.40. The predicted octanol–water partition coefficient (Wildman–Crippen LogP) is 0.602. The third kappa shape index (κ3) is 3.57. The maximum absolute atomic E-state index is 11.3. The van der Waals surface area contributed by atoms with Crippen LogP contribution in [-0.2, 0) is 0 Å². The molecule has 3 heteroatoms. The molecule has 46 valence electrons. The number of hydrogen-bond acceptors (Lipinski definition) is 1. The van der Waals surface area contributed by atoms with Crippen LogP contribution in [-0.4, -0.2) is 12.5 Å². The average Bonchev–Trinajstić information content (AvgIpc) is 1.65. The highest BCUT2D eigenvalue weighted by atomic mass is 19.3. The molecule has 1 nitrogen and oxygen atoms in total. The largest absolute Gasteiger partial charge is 0.318 e. The molecule has 0 saturated carbocycles. The highest BCUT2D eigenvalue weighted by Crippen LogP contribution is 1.99. The molecular formula is C5H7F2N. The first-order chi connectivity index (χ1) is 3.66. The van der Waals surface area contributed by atoms with Crippen LogP contribution in [0.15, 0.2) is 0 Å². The predicted molar refractivity (Wildman–Crippen MR) is 27.4 cm³/mol. The monoisotopic (exact) mass is 119 g/mol. The molecule has 0 fully saturated rings. The van der Waals surface area contributed by atoms with Gasteiger partial charge in [-0.2, -0.15) is 0 Å². The summed E-state index contributed by atoms with van der Waals surface area (Å²) in [4.78, 5) is 0. The summed E-state index contributed by atoms with van der Waals surface area (Å²) in [5.74, 6) is 1.99. The van der Waals surface area contributed by atoms with Gasteiger partial charge in [0.05, 0.1) is 6.04 Å². The summed E-state index contributed by atoms with van der Waals surface area (Å²) in [7, 11) is 0. The minimum absolute atomic E-state index is 0.406. The number of nitrogens with two attached hydrogens (primary N) is 1. The average molecular weight is 119 g/mol. The Labute approximate surface area is 46.9 Å². The molecule has 0 aliphatic heterocycles. The van der Waals surface area contributed by atoms with E-state index in [-0.39, 0.29) is 0 Å². The maximum atomic E-state index is 11.3. The lowest BCUT2D eigenvalue weighted by atomic mass is 10.2. The van der Waals surface area contributed by atoms with Crippen LogP contribution in [0.5, 0.6) is 0 Å². The van der Waals surface area contributed by atoms with Crippen LogP contribution < -0.4 is 5.73 Å². The molecule has 0 aliphatic carbocycles. The minimum atomic E-state index is -2.39. The van der Waals surface area contributed by atoms with Gasteiger partial charge in [-0.15, -0.1) is 6.42 Å². The van der Waals surface area contributed by atoms with Crippen LogP contribution in [0.2, 0.25) is 0 Å². The molecule has 0 aliphatic rings. The number of alkyl halides is 2. The van der Waals surface area contributed by atoms with Crippen molar-refractivity contribution in [3.05, 3.63) is 0 Å². The van der Waals surface area contributed by atoms with Crippen molar-refractivity contribution in [2.24, 2.45) is 5.73 Å². The third-order valence-corrected chi connectivity index (χ3v) is 0.646. The molecule has 8 heavy (non-hydrogen) atoms. The number of hydrogen-bond donors (Lipinski definition) is 1. The van der Waals surface area contributed by atoms with Gasteiger partial charge in [0.2, 0.25) is 6.43 Å². The Morgan fingerprint density at radius 1 is 1.62 bits per heavy atom. The van der Waals surface area contributed by atoms with Gasteiger partial charge in [-0.05, 0) is 0 Å². The zero-order valence-electron chi connectivity index (χ0n) is 4.27. The highest BCUT2D eigenvalue weighted by Gasteiger charge is 2.06. The molecule has 0 spiro atoms. The van der Waals surface area contributed by atoms with Gasteiger partial charge in [0.15, 0.2) is 0 Å². The van der Waals surface area contributed by atoms with Crippen LogP contribution in [0.4, 0.5) is 8.78 Å². The molecule has 0 rings (SSSR count). The zero-order chi connectivity index (χ0) is 6.57. The van der Waals surface area contributed by atoms with E-state index in [9.17, 15) is 8.78 Å². The molecule has 0 amide bonds. The number of rotatable bonds is 2. The fraction of sp³-hybridized carbons (Fsp3) is 0.600. The first kappa shape index (κ1) is 7.38. The lowest BCUT2D eigenvalue weighted by Crippen LogP contribution is -2.20. The van der Waals surface area contributed by atoms with E-state index < -0.39 is 18.9 Å². The molecule has 0 heterocycles. The Hall–Kier alpha value is -0.620. The summed E-state index contributed by atoms with van der Waals surface area (Å²) in [6.45, 7) is 0. The van der Waals surface area contributed by atoms with Crippen molar-refractivity contribution >= 4 is 0 Å². The van der Waals surface area contributed by atoms with E-state index in [1.807, 2.05) is 5.92 Å². The van der Waals surface area contributed by atoms with E-state index in [1.54, 1.807) is 0 Å². The summed E-state index contributed by atoms with van der Waals surface area (Å²) in [5.41, 5.74) is 4.96. The van der Waals surface area contributed by atoms with Crippen molar-refractivity contribution in [1.82, 2.24) is 0 Å². The normalized spacial score (nSPS) is 13.4. The van der Waals surface area contributed by atoms with Crippen molar-refractivity contribution < 1.29 is 8.78 Å². The summed E-state index contributed by atoms with van der Waals surface area (Å²) in [6, 6.07) is -0.796. The molecule has 0 aromatic heterocycles. The summed E-state index contributed by atoms with van der Waals surface area (Å²) < 4.78 is 22.6. The van der Waals surface area contributed by atoms with Crippen molar-refractivity contribution in [1.29, 1.82) is 0 Å². The van der Waals surface area contributed by atoms with Gasteiger partial charge in [-0.25, -0.2) is 8.78 Å². The summed E-state index contributed by atoms with van der Waals surface area (Å²) in [6.07, 6.45) is 1.92. The Morgan fingerprint density at radius 2 is 2.12 bits per heavy atom. The van der Waals surface area contributed by atoms with Gasteiger partial charge in [-0.3, -0.25) is 0 Å². The fourth-order valence-corrected chi connectivity index (χ4v) is 0.260. The maximum Gasteiger partial charge on any atom is 0.241 e. The first-order valence-electron chi connectivity index (χ1n) is 2.16. The Balaban J connectivity index is 3.28. The Bertz CT molecular complexity index is 95.1. The van der Waals surface area contributed by atoms with Gasteiger partial charge in [0, 0.05) is 6.42 Å². The van der Waals surface area contributed by atoms with Crippen LogP contribution in [0, 0.1) is 12.3 Å². The quantitative estimate of drug-likeness (QED) is 0.529. The molecule has 2 N–H and O–H groups in total. The SMILES string of the molecule is C#CC(N)CC(F)F. The standard InChI is InChI=1S/C5H7F2N/c1-2-4(8)3-5(6)7/h1,4-5H,3,8H2. The van der Waals surface area contributed by atoms with Crippen molar-refractivity contribution in [2.75, 3.05) is 0 Å². The molecular weight excluding hydrogens is 112 g/mol. The minimum Gasteiger partial charge on any atom is -0.318 e.